The normalized spacial score (nSPS) is 13.7. The molecule has 242 valence electrons. The molecular formula is C32H34ClFN6O5S. The van der Waals surface area contributed by atoms with Crippen LogP contribution < -0.4 is 25.4 Å². The van der Waals surface area contributed by atoms with Gasteiger partial charge in [-0.2, -0.15) is 0 Å². The first kappa shape index (κ1) is 34.2. The Balaban J connectivity index is 0.00000480. The van der Waals surface area contributed by atoms with Gasteiger partial charge in [0.25, 0.3) is 5.91 Å². The second-order valence-electron chi connectivity index (χ2n) is 10.7. The maximum atomic E-state index is 14.0. The quantitative estimate of drug-likeness (QED) is 0.199. The highest BCUT2D eigenvalue weighted by Gasteiger charge is 2.29. The Morgan fingerprint density at radius 2 is 1.67 bits per heavy atom. The predicted molar refractivity (Wildman–Crippen MR) is 178 cm³/mol. The number of nitrogens with one attached hydrogen (secondary N) is 2. The van der Waals surface area contributed by atoms with Crippen LogP contribution >= 0.6 is 12.4 Å². The summed E-state index contributed by atoms with van der Waals surface area (Å²) in [4.78, 5) is 33.5. The van der Waals surface area contributed by atoms with Gasteiger partial charge in [0.05, 0.1) is 11.8 Å². The molecule has 1 aliphatic rings. The van der Waals surface area contributed by atoms with Crippen molar-refractivity contribution in [1.29, 1.82) is 0 Å². The molecule has 0 atom stereocenters. The lowest BCUT2D eigenvalue weighted by atomic mass is 10.0. The second-order valence-corrected chi connectivity index (χ2v) is 12.5. The van der Waals surface area contributed by atoms with Crippen molar-refractivity contribution < 1.29 is 27.1 Å². The van der Waals surface area contributed by atoms with Gasteiger partial charge >= 0.3 is 6.03 Å². The number of hydrogen-bond acceptors (Lipinski definition) is 7. The van der Waals surface area contributed by atoms with Crippen LogP contribution in [0, 0.1) is 5.82 Å². The summed E-state index contributed by atoms with van der Waals surface area (Å²) in [5, 5.41) is 2.80. The number of likely N-dealkylation sites (tertiary alicyclic amines) is 1. The molecule has 0 radical (unpaired) electrons. The van der Waals surface area contributed by atoms with Crippen LogP contribution in [0.5, 0.6) is 11.6 Å². The van der Waals surface area contributed by atoms with Crippen LogP contribution in [0.1, 0.15) is 28.8 Å². The van der Waals surface area contributed by atoms with E-state index in [0.717, 1.165) is 49.5 Å². The summed E-state index contributed by atoms with van der Waals surface area (Å²) in [5.74, 6) is -0.725. The molecule has 11 nitrogen and oxygen atoms in total. The summed E-state index contributed by atoms with van der Waals surface area (Å²) in [5.41, 5.74) is 7.43. The molecule has 0 aliphatic carbocycles. The number of ether oxygens (including phenoxy) is 1. The molecule has 14 heteroatoms. The van der Waals surface area contributed by atoms with Crippen LogP contribution in [0.4, 0.5) is 26.2 Å². The number of urea groups is 1. The zero-order valence-corrected chi connectivity index (χ0v) is 26.6. The summed E-state index contributed by atoms with van der Waals surface area (Å²) in [7, 11) is -3.36. The smallest absolute Gasteiger partial charge is 0.326 e. The van der Waals surface area contributed by atoms with E-state index in [0.29, 0.717) is 23.9 Å². The first-order chi connectivity index (χ1) is 21.5. The molecule has 1 aliphatic heterocycles. The number of carbonyl (C=O) groups excluding carboxylic acids is 2. The number of rotatable bonds is 10. The molecule has 1 aromatic heterocycles. The van der Waals surface area contributed by atoms with Gasteiger partial charge in [-0.1, -0.05) is 24.3 Å². The second kappa shape index (κ2) is 15.0. The Morgan fingerprint density at radius 3 is 2.28 bits per heavy atom. The van der Waals surface area contributed by atoms with Gasteiger partial charge in [0.2, 0.25) is 15.9 Å². The van der Waals surface area contributed by atoms with Crippen molar-refractivity contribution in [1.82, 2.24) is 9.88 Å². The molecule has 2 heterocycles. The van der Waals surface area contributed by atoms with Crippen molar-refractivity contribution >= 4 is 51.4 Å². The lowest BCUT2D eigenvalue weighted by Crippen LogP contribution is -2.49. The highest BCUT2D eigenvalue weighted by Crippen LogP contribution is 2.27. The third kappa shape index (κ3) is 9.16. The van der Waals surface area contributed by atoms with Gasteiger partial charge in [-0.15, -0.1) is 12.4 Å². The molecule has 0 unspecified atom stereocenters. The Hall–Kier alpha value is -4.72. The maximum Gasteiger partial charge on any atom is 0.326 e. The lowest BCUT2D eigenvalue weighted by Gasteiger charge is -2.38. The van der Waals surface area contributed by atoms with E-state index in [-0.39, 0.29) is 35.7 Å². The number of halogens is 2. The largest absolute Gasteiger partial charge is 0.439 e. The van der Waals surface area contributed by atoms with Crippen molar-refractivity contribution in [2.45, 2.75) is 25.4 Å². The van der Waals surface area contributed by atoms with Gasteiger partial charge < -0.3 is 15.8 Å². The van der Waals surface area contributed by atoms with Crippen LogP contribution in [0.25, 0.3) is 0 Å². The SMILES string of the molecule is CS(=O)(=O)Nc1ccc(Oc2ccc(CN3CCC(N(C(=O)Nc4ccc(F)c(C(N)=O)c4)c4ccccc4)CC3)cn2)cc1.Cl. The van der Waals surface area contributed by atoms with Crippen molar-refractivity contribution in [2.75, 3.05) is 34.3 Å². The number of pyridine rings is 1. The van der Waals surface area contributed by atoms with Crippen LogP contribution in [0.15, 0.2) is 91.1 Å². The van der Waals surface area contributed by atoms with Gasteiger partial charge in [0.1, 0.15) is 11.6 Å². The van der Waals surface area contributed by atoms with Crippen LogP contribution in [-0.4, -0.2) is 55.6 Å². The molecule has 5 rings (SSSR count). The predicted octanol–water partition coefficient (Wildman–Crippen LogP) is 5.61. The highest BCUT2D eigenvalue weighted by atomic mass is 35.5. The number of nitrogens with two attached hydrogens (primary N) is 1. The fourth-order valence-electron chi connectivity index (χ4n) is 5.14. The minimum absolute atomic E-state index is 0. The van der Waals surface area contributed by atoms with E-state index in [4.69, 9.17) is 10.5 Å². The monoisotopic (exact) mass is 668 g/mol. The Morgan fingerprint density at radius 1 is 1.00 bits per heavy atom. The number of benzene rings is 3. The summed E-state index contributed by atoms with van der Waals surface area (Å²) in [6, 6.07) is 22.8. The third-order valence-corrected chi connectivity index (χ3v) is 7.85. The molecule has 3 amide bonds. The molecule has 0 bridgehead atoms. The van der Waals surface area contributed by atoms with Crippen molar-refractivity contribution in [2.24, 2.45) is 5.73 Å². The first-order valence-electron chi connectivity index (χ1n) is 14.2. The number of amides is 3. The molecule has 4 N–H and O–H groups in total. The summed E-state index contributed by atoms with van der Waals surface area (Å²) in [6.45, 7) is 2.17. The van der Waals surface area contributed by atoms with Crippen molar-refractivity contribution in [3.05, 3.63) is 108 Å². The topological polar surface area (TPSA) is 147 Å². The van der Waals surface area contributed by atoms with E-state index in [9.17, 15) is 22.4 Å². The number of anilines is 3. The zero-order chi connectivity index (χ0) is 32.0. The van der Waals surface area contributed by atoms with Gasteiger partial charge in [0, 0.05) is 55.0 Å². The van der Waals surface area contributed by atoms with Gasteiger partial charge in [-0.3, -0.25) is 19.3 Å². The number of nitrogens with zero attached hydrogens (tertiary/aromatic N) is 3. The van der Waals surface area contributed by atoms with Crippen LogP contribution in [0.2, 0.25) is 0 Å². The Kier molecular flexibility index (Phi) is 11.2. The van der Waals surface area contributed by atoms with E-state index in [1.54, 1.807) is 41.4 Å². The molecule has 4 aromatic rings. The maximum absolute atomic E-state index is 14.0. The molecule has 1 saturated heterocycles. The molecular weight excluding hydrogens is 635 g/mol. The van der Waals surface area contributed by atoms with Gasteiger partial charge in [-0.05, 0) is 73.0 Å². The number of primary amides is 1. The fraction of sp³-hybridized carbons (Fsp3) is 0.219. The van der Waals surface area contributed by atoms with E-state index < -0.39 is 21.7 Å². The molecule has 46 heavy (non-hydrogen) atoms. The van der Waals surface area contributed by atoms with E-state index in [2.05, 4.69) is 19.9 Å². The minimum atomic E-state index is -3.36. The zero-order valence-electron chi connectivity index (χ0n) is 24.9. The van der Waals surface area contributed by atoms with E-state index in [1.807, 2.05) is 36.4 Å². The van der Waals surface area contributed by atoms with Gasteiger partial charge in [-0.25, -0.2) is 22.6 Å². The highest BCUT2D eigenvalue weighted by molar-refractivity contribution is 7.92. The lowest BCUT2D eigenvalue weighted by molar-refractivity contribution is 0.0996. The number of hydrogen-bond donors (Lipinski definition) is 3. The summed E-state index contributed by atoms with van der Waals surface area (Å²) >= 11 is 0. The third-order valence-electron chi connectivity index (χ3n) is 7.24. The van der Waals surface area contributed by atoms with E-state index in [1.165, 1.54) is 12.1 Å². The number of aromatic nitrogens is 1. The summed E-state index contributed by atoms with van der Waals surface area (Å²) in [6.07, 6.45) is 4.28. The van der Waals surface area contributed by atoms with Crippen molar-refractivity contribution in [3.8, 4) is 11.6 Å². The Bertz CT molecular complexity index is 1750. The molecule has 0 spiro atoms. The Labute approximate surface area is 273 Å². The molecule has 3 aromatic carbocycles. The number of carbonyl (C=O) groups is 2. The molecule has 0 saturated carbocycles. The van der Waals surface area contributed by atoms with Crippen LogP contribution in [0.3, 0.4) is 0 Å². The number of sulfonamides is 1. The minimum Gasteiger partial charge on any atom is -0.439 e. The number of piperidine rings is 1. The number of para-hydroxylation sites is 1. The van der Waals surface area contributed by atoms with Gasteiger partial charge in [0.15, 0.2) is 0 Å². The van der Waals surface area contributed by atoms with Crippen molar-refractivity contribution in [3.63, 3.8) is 0 Å². The average Bonchev–Trinajstić information content (AvgIpc) is 3.01. The van der Waals surface area contributed by atoms with E-state index >= 15 is 0 Å². The average molecular weight is 669 g/mol. The summed E-state index contributed by atoms with van der Waals surface area (Å²) < 4.78 is 44.9. The fourth-order valence-corrected chi connectivity index (χ4v) is 5.71. The van der Waals surface area contributed by atoms with Crippen LogP contribution in [-0.2, 0) is 16.6 Å². The standard InChI is InChI=1S/C32H33FN6O5S.ClH/c1-45(42,43)37-23-8-11-27(12-9-23)44-30-14-7-22(20-35-30)21-38-17-15-26(16-18-38)39(25-5-3-2-4-6-25)32(41)36-24-10-13-29(33)28(19-24)31(34)40;/h2-14,19-20,26,37H,15-18,21H2,1H3,(H2,34,40)(H,36,41);1H. The first-order valence-corrected chi connectivity index (χ1v) is 16.1. The molecule has 1 fully saturated rings.